The van der Waals surface area contributed by atoms with E-state index in [4.69, 9.17) is 4.74 Å². The van der Waals surface area contributed by atoms with Crippen molar-refractivity contribution in [2.75, 3.05) is 39.4 Å². The van der Waals surface area contributed by atoms with Gasteiger partial charge in [-0.1, -0.05) is 13.8 Å². The van der Waals surface area contributed by atoms with E-state index in [0.29, 0.717) is 23.3 Å². The SMILES string of the molecule is C=C(C)[N+]1(C2C[C@@H]3[C@@H]4CCC5CC(O)C(N6CCOCC6)C[C@]5(C)[C@H]4CC[C@]3(C)C2O)CCCC1. The Bertz CT molecular complexity index is 820. The van der Waals surface area contributed by atoms with Crippen LogP contribution in [0.1, 0.15) is 78.6 Å². The van der Waals surface area contributed by atoms with Crippen molar-refractivity contribution in [1.29, 1.82) is 0 Å². The fourth-order valence-corrected chi connectivity index (χ4v) is 10.9. The number of ether oxygens (including phenoxy) is 1. The third-order valence-electron chi connectivity index (χ3n) is 12.9. The van der Waals surface area contributed by atoms with Gasteiger partial charge < -0.3 is 14.9 Å². The van der Waals surface area contributed by atoms with Crippen LogP contribution < -0.4 is 0 Å². The molecule has 0 aromatic carbocycles. The van der Waals surface area contributed by atoms with Crippen LogP contribution in [0.3, 0.4) is 0 Å². The molecule has 5 heteroatoms. The molecule has 6 fully saturated rings. The Labute approximate surface area is 213 Å². The third-order valence-corrected chi connectivity index (χ3v) is 12.9. The summed E-state index contributed by atoms with van der Waals surface area (Å²) in [6, 6.07) is 0.625. The highest BCUT2D eigenvalue weighted by molar-refractivity contribution is 5.13. The van der Waals surface area contributed by atoms with Crippen LogP contribution in [0.2, 0.25) is 0 Å². The molecule has 0 bridgehead atoms. The largest absolute Gasteiger partial charge is 0.391 e. The van der Waals surface area contributed by atoms with Crippen LogP contribution in [0.25, 0.3) is 0 Å². The highest BCUT2D eigenvalue weighted by atomic mass is 16.5. The maximum absolute atomic E-state index is 11.9. The first-order valence-corrected chi connectivity index (χ1v) is 14.9. The fraction of sp³-hybridized carbons (Fsp3) is 0.933. The highest BCUT2D eigenvalue weighted by Crippen LogP contribution is 2.67. The molecule has 5 nitrogen and oxygen atoms in total. The molecule has 2 aliphatic heterocycles. The molecule has 0 radical (unpaired) electrons. The number of allylic oxidation sites excluding steroid dienone is 1. The molecule has 10 atom stereocenters. The zero-order valence-corrected chi connectivity index (χ0v) is 22.6. The molecule has 4 aliphatic carbocycles. The number of nitrogens with zero attached hydrogens (tertiary/aromatic N) is 2. The van der Waals surface area contributed by atoms with Crippen molar-refractivity contribution in [1.82, 2.24) is 4.90 Å². The number of quaternary nitrogens is 1. The van der Waals surface area contributed by atoms with Gasteiger partial charge in [-0.2, -0.15) is 0 Å². The second-order valence-electron chi connectivity index (χ2n) is 14.1. The molecule has 0 amide bonds. The molecular weight excluding hydrogens is 436 g/mol. The first-order chi connectivity index (χ1) is 16.7. The van der Waals surface area contributed by atoms with Gasteiger partial charge >= 0.3 is 0 Å². The van der Waals surface area contributed by atoms with Crippen LogP contribution in [-0.4, -0.2) is 83.3 Å². The normalized spacial score (nSPS) is 51.9. The van der Waals surface area contributed by atoms with E-state index in [0.717, 1.165) is 55.5 Å². The number of fused-ring (bicyclic) bond motifs is 5. The quantitative estimate of drug-likeness (QED) is 0.587. The van der Waals surface area contributed by atoms with E-state index in [-0.39, 0.29) is 23.7 Å². The maximum Gasteiger partial charge on any atom is 0.120 e. The van der Waals surface area contributed by atoms with Crippen molar-refractivity contribution in [2.45, 2.75) is 103 Å². The maximum atomic E-state index is 11.9. The van der Waals surface area contributed by atoms with Crippen molar-refractivity contribution in [2.24, 2.45) is 34.5 Å². The number of rotatable bonds is 3. The van der Waals surface area contributed by atoms with Gasteiger partial charge in [-0.05, 0) is 74.2 Å². The molecule has 2 heterocycles. The predicted molar refractivity (Wildman–Crippen MR) is 139 cm³/mol. The van der Waals surface area contributed by atoms with Crippen LogP contribution in [0.5, 0.6) is 0 Å². The van der Waals surface area contributed by atoms with Gasteiger partial charge in [-0.3, -0.25) is 9.38 Å². The summed E-state index contributed by atoms with van der Waals surface area (Å²) in [5.74, 6) is 2.73. The van der Waals surface area contributed by atoms with Crippen LogP contribution >= 0.6 is 0 Å². The van der Waals surface area contributed by atoms with Crippen LogP contribution in [0, 0.1) is 34.5 Å². The third kappa shape index (κ3) is 3.58. The molecule has 6 rings (SSSR count). The Hall–Kier alpha value is -0.460. The molecule has 2 N–H and O–H groups in total. The van der Waals surface area contributed by atoms with Crippen molar-refractivity contribution >= 4 is 0 Å². The number of hydrogen-bond donors (Lipinski definition) is 2. The predicted octanol–water partition coefficient (Wildman–Crippen LogP) is 4.18. The Morgan fingerprint density at radius 1 is 0.971 bits per heavy atom. The molecule has 0 spiro atoms. The molecule has 0 aromatic heterocycles. The number of morpholine rings is 1. The first kappa shape index (κ1) is 24.9. The van der Waals surface area contributed by atoms with Gasteiger partial charge in [0.15, 0.2) is 0 Å². The summed E-state index contributed by atoms with van der Waals surface area (Å²) < 4.78 is 6.62. The van der Waals surface area contributed by atoms with Gasteiger partial charge in [0.2, 0.25) is 0 Å². The van der Waals surface area contributed by atoms with E-state index < -0.39 is 0 Å². The van der Waals surface area contributed by atoms with Crippen molar-refractivity contribution in [3.05, 3.63) is 12.3 Å². The molecule has 198 valence electrons. The van der Waals surface area contributed by atoms with Gasteiger partial charge in [0.25, 0.3) is 0 Å². The van der Waals surface area contributed by atoms with E-state index in [1.54, 1.807) is 0 Å². The van der Waals surface area contributed by atoms with Crippen molar-refractivity contribution in [3.63, 3.8) is 0 Å². The zero-order valence-electron chi connectivity index (χ0n) is 22.6. The highest BCUT2D eigenvalue weighted by Gasteiger charge is 2.66. The summed E-state index contributed by atoms with van der Waals surface area (Å²) in [7, 11) is 0. The number of aliphatic hydroxyl groups excluding tert-OH is 2. The van der Waals surface area contributed by atoms with Gasteiger partial charge in [0.1, 0.15) is 12.1 Å². The second-order valence-corrected chi connectivity index (χ2v) is 14.1. The van der Waals surface area contributed by atoms with Crippen LogP contribution in [0.15, 0.2) is 12.3 Å². The summed E-state index contributed by atoms with van der Waals surface area (Å²) in [5.41, 5.74) is 1.63. The lowest BCUT2D eigenvalue weighted by molar-refractivity contribution is -0.907. The number of likely N-dealkylation sites (tertiary alicyclic amines) is 1. The van der Waals surface area contributed by atoms with E-state index in [1.165, 1.54) is 63.7 Å². The number of hydrogen-bond acceptors (Lipinski definition) is 4. The summed E-state index contributed by atoms with van der Waals surface area (Å²) >= 11 is 0. The minimum Gasteiger partial charge on any atom is -0.391 e. The summed E-state index contributed by atoms with van der Waals surface area (Å²) in [4.78, 5) is 2.54. The monoisotopic (exact) mass is 487 g/mol. The minimum absolute atomic E-state index is 0.0517. The Kier molecular flexibility index (Phi) is 6.25. The molecule has 4 saturated carbocycles. The second kappa shape index (κ2) is 8.80. The Morgan fingerprint density at radius 3 is 2.37 bits per heavy atom. The summed E-state index contributed by atoms with van der Waals surface area (Å²) in [6.07, 6.45) is 10.4. The van der Waals surface area contributed by atoms with Crippen molar-refractivity contribution in [3.8, 4) is 0 Å². The first-order valence-electron chi connectivity index (χ1n) is 14.9. The fourth-order valence-electron chi connectivity index (χ4n) is 10.9. The van der Waals surface area contributed by atoms with Gasteiger partial charge in [0, 0.05) is 50.7 Å². The topological polar surface area (TPSA) is 52.9 Å². The molecule has 6 aliphatic rings. The molecule has 2 saturated heterocycles. The molecule has 0 aromatic rings. The van der Waals surface area contributed by atoms with Crippen LogP contribution in [0.4, 0.5) is 0 Å². The average Bonchev–Trinajstić information content (AvgIpc) is 3.44. The average molecular weight is 488 g/mol. The minimum atomic E-state index is -0.206. The molecule has 35 heavy (non-hydrogen) atoms. The molecular formula is C30H51N2O3+. The van der Waals surface area contributed by atoms with Gasteiger partial charge in [-0.15, -0.1) is 0 Å². The van der Waals surface area contributed by atoms with Crippen molar-refractivity contribution < 1.29 is 19.4 Å². The Morgan fingerprint density at radius 2 is 1.69 bits per heavy atom. The van der Waals surface area contributed by atoms with E-state index in [2.05, 4.69) is 32.3 Å². The van der Waals surface area contributed by atoms with Crippen LogP contribution in [-0.2, 0) is 4.74 Å². The smallest absolute Gasteiger partial charge is 0.120 e. The zero-order chi connectivity index (χ0) is 24.6. The van der Waals surface area contributed by atoms with E-state index in [9.17, 15) is 10.2 Å². The lowest BCUT2D eigenvalue weighted by atomic mass is 9.44. The molecule has 5 unspecified atom stereocenters. The number of aliphatic hydroxyl groups is 2. The lowest BCUT2D eigenvalue weighted by Crippen LogP contribution is -2.61. The standard InChI is InChI=1S/C30H51N2O3/c1-20(2)32(13-5-6-14-32)26-18-24-22-8-7-21-17-27(33)25(31-11-15-35-16-12-31)19-30(21,4)23(22)9-10-29(24,3)28(26)34/h21-28,33-34H,1,5-19H2,2-4H3/q+1/t21?,22-,23+,24-,25?,26?,27?,28?,29+,30+/m1/s1. The van der Waals surface area contributed by atoms with Gasteiger partial charge in [-0.25, -0.2) is 0 Å². The lowest BCUT2D eigenvalue weighted by Gasteiger charge is -2.62. The van der Waals surface area contributed by atoms with E-state index in [1.807, 2.05) is 0 Å². The summed E-state index contributed by atoms with van der Waals surface area (Å²) in [6.45, 7) is 17.6. The Balaban J connectivity index is 1.27. The summed E-state index contributed by atoms with van der Waals surface area (Å²) in [5, 5.41) is 23.2. The van der Waals surface area contributed by atoms with E-state index >= 15 is 0 Å². The van der Waals surface area contributed by atoms with Gasteiger partial charge in [0.05, 0.1) is 38.1 Å².